The van der Waals surface area contributed by atoms with Crippen molar-refractivity contribution >= 4 is 11.7 Å². The van der Waals surface area contributed by atoms with Gasteiger partial charge in [0.05, 0.1) is 17.4 Å². The Bertz CT molecular complexity index is 652. The largest absolute Gasteiger partial charge is 0.469 e. The van der Waals surface area contributed by atoms with Crippen molar-refractivity contribution in [3.05, 3.63) is 34.7 Å². The van der Waals surface area contributed by atoms with E-state index < -0.39 is 0 Å². The van der Waals surface area contributed by atoms with Crippen molar-refractivity contribution in [2.75, 3.05) is 7.11 Å². The van der Waals surface area contributed by atoms with E-state index in [1.54, 1.807) is 12.1 Å². The van der Waals surface area contributed by atoms with Crippen LogP contribution >= 0.6 is 0 Å². The molecule has 1 aromatic carbocycles. The molecule has 0 radical (unpaired) electrons. The van der Waals surface area contributed by atoms with Crippen LogP contribution in [0, 0.1) is 22.2 Å². The number of ether oxygens (including phenoxy) is 1. The number of methoxy groups -OCH3 is 1. The second-order valence-corrected chi connectivity index (χ2v) is 7.83. The molecular weight excluding hydrogens is 294 g/mol. The molecule has 5 nitrogen and oxygen atoms in total. The van der Waals surface area contributed by atoms with Crippen molar-refractivity contribution in [2.45, 2.75) is 43.9 Å². The van der Waals surface area contributed by atoms with Gasteiger partial charge in [-0.25, -0.2) is 5.21 Å². The molecule has 4 saturated carbocycles. The van der Waals surface area contributed by atoms with Gasteiger partial charge in [-0.2, -0.15) is 0 Å². The lowest BCUT2D eigenvalue weighted by molar-refractivity contribution is -0.729. The van der Waals surface area contributed by atoms with Crippen LogP contribution in [0.15, 0.2) is 24.3 Å². The minimum absolute atomic E-state index is 0.0139. The number of carbonyl (C=O) groups is 1. The van der Waals surface area contributed by atoms with Gasteiger partial charge in [-0.15, -0.1) is 0 Å². The maximum Gasteiger partial charge on any atom is 0.316 e. The summed E-state index contributed by atoms with van der Waals surface area (Å²) in [6.07, 6.45) is 6.22. The standard InChI is InChI=1S/C18H22NO4/c1-23-16(20)18-9-12-6-13(10-18)8-17(7-12,11-18)14-2-4-15(5-3-14)19(21)22/h2-5,12-13H,6-11H2,1H3,(H,21,22)/q+1. The van der Waals surface area contributed by atoms with Gasteiger partial charge in [0.1, 0.15) is 0 Å². The second kappa shape index (κ2) is 4.79. The van der Waals surface area contributed by atoms with E-state index in [0.717, 1.165) is 32.1 Å². The second-order valence-electron chi connectivity index (χ2n) is 7.83. The monoisotopic (exact) mass is 316 g/mol. The number of benzene rings is 1. The predicted octanol–water partition coefficient (Wildman–Crippen LogP) is 3.50. The Morgan fingerprint density at radius 2 is 1.78 bits per heavy atom. The van der Waals surface area contributed by atoms with Gasteiger partial charge in [-0.05, 0) is 61.3 Å². The molecule has 122 valence electrons. The first-order valence-corrected chi connectivity index (χ1v) is 8.31. The van der Waals surface area contributed by atoms with Gasteiger partial charge >= 0.3 is 11.7 Å². The smallest absolute Gasteiger partial charge is 0.316 e. The summed E-state index contributed by atoms with van der Waals surface area (Å²) in [5, 5.41) is 9.01. The number of esters is 1. The highest BCUT2D eigenvalue weighted by atomic mass is 16.6. The van der Waals surface area contributed by atoms with E-state index >= 15 is 0 Å². The van der Waals surface area contributed by atoms with Crippen LogP contribution in [-0.2, 0) is 14.9 Å². The van der Waals surface area contributed by atoms with Crippen molar-refractivity contribution in [2.24, 2.45) is 17.3 Å². The van der Waals surface area contributed by atoms with Crippen LogP contribution in [0.4, 0.5) is 5.69 Å². The topological polar surface area (TPSA) is 66.6 Å². The van der Waals surface area contributed by atoms with Crippen LogP contribution in [-0.4, -0.2) is 23.2 Å². The molecule has 0 aromatic heterocycles. The first-order valence-electron chi connectivity index (χ1n) is 8.31. The Balaban J connectivity index is 1.73. The Morgan fingerprint density at radius 1 is 1.17 bits per heavy atom. The number of rotatable bonds is 3. The summed E-state index contributed by atoms with van der Waals surface area (Å²) >= 11 is 0. The van der Waals surface area contributed by atoms with Crippen molar-refractivity contribution in [3.8, 4) is 0 Å². The lowest BCUT2D eigenvalue weighted by atomic mass is 9.43. The molecule has 0 aliphatic heterocycles. The van der Waals surface area contributed by atoms with Crippen LogP contribution in [0.3, 0.4) is 0 Å². The average molecular weight is 316 g/mol. The molecule has 0 heterocycles. The molecule has 0 spiro atoms. The van der Waals surface area contributed by atoms with Gasteiger partial charge in [0.25, 0.3) is 4.92 Å². The fourth-order valence-electron chi connectivity index (χ4n) is 6.00. The molecule has 2 unspecified atom stereocenters. The highest BCUT2D eigenvalue weighted by Crippen LogP contribution is 2.66. The first kappa shape index (κ1) is 14.7. The molecule has 1 aromatic rings. The lowest BCUT2D eigenvalue weighted by Crippen LogP contribution is -2.57. The fraction of sp³-hybridized carbons (Fsp3) is 0.611. The molecule has 5 heteroatoms. The third-order valence-corrected chi connectivity index (χ3v) is 6.38. The summed E-state index contributed by atoms with van der Waals surface area (Å²) in [7, 11) is 1.49. The zero-order chi connectivity index (χ0) is 16.2. The molecule has 5 rings (SSSR count). The average Bonchev–Trinajstić information content (AvgIpc) is 2.53. The van der Waals surface area contributed by atoms with E-state index in [2.05, 4.69) is 0 Å². The van der Waals surface area contributed by atoms with E-state index in [9.17, 15) is 9.70 Å². The van der Waals surface area contributed by atoms with E-state index in [-0.39, 0.29) is 27.4 Å². The number of hydrogen-bond acceptors (Lipinski definition) is 3. The van der Waals surface area contributed by atoms with Gasteiger partial charge in [0.2, 0.25) is 0 Å². The van der Waals surface area contributed by atoms with Gasteiger partial charge in [-0.1, -0.05) is 12.1 Å². The zero-order valence-electron chi connectivity index (χ0n) is 13.3. The molecule has 4 fully saturated rings. The minimum atomic E-state index is -0.320. The van der Waals surface area contributed by atoms with Crippen LogP contribution in [0.25, 0.3) is 0 Å². The molecule has 4 bridgehead atoms. The van der Waals surface area contributed by atoms with E-state index in [1.165, 1.54) is 19.1 Å². The fourth-order valence-corrected chi connectivity index (χ4v) is 6.00. The SMILES string of the molecule is COC(=O)C12CC3CC(C1)CC(c1ccc([N+](=O)O)cc1)(C3)C2. The number of carbonyl (C=O) groups excluding carboxylic acids is 1. The van der Waals surface area contributed by atoms with Gasteiger partial charge < -0.3 is 4.74 Å². The van der Waals surface area contributed by atoms with Crippen molar-refractivity contribution < 1.29 is 19.7 Å². The number of hydrogen-bond donors (Lipinski definition) is 1. The van der Waals surface area contributed by atoms with E-state index in [0.29, 0.717) is 11.8 Å². The van der Waals surface area contributed by atoms with Crippen molar-refractivity contribution in [1.82, 2.24) is 0 Å². The van der Waals surface area contributed by atoms with Gasteiger partial charge in [0.15, 0.2) is 0 Å². The number of nitrogens with zero attached hydrogens (tertiary/aromatic N) is 1. The molecular formula is C18H22NO4+. The van der Waals surface area contributed by atoms with Crippen LogP contribution in [0.1, 0.15) is 44.1 Å². The van der Waals surface area contributed by atoms with Crippen molar-refractivity contribution in [3.63, 3.8) is 0 Å². The summed E-state index contributed by atoms with van der Waals surface area (Å²) in [4.78, 5) is 23.4. The summed E-state index contributed by atoms with van der Waals surface area (Å²) in [6.45, 7) is 0. The van der Waals surface area contributed by atoms with Crippen molar-refractivity contribution in [1.29, 1.82) is 0 Å². The summed E-state index contributed by atoms with van der Waals surface area (Å²) in [6, 6.07) is 7.20. The highest BCUT2D eigenvalue weighted by molar-refractivity contribution is 5.78. The first-order chi connectivity index (χ1) is 11.0. The molecule has 2 atom stereocenters. The van der Waals surface area contributed by atoms with Gasteiger partial charge in [0, 0.05) is 12.1 Å². The summed E-state index contributed by atoms with van der Waals surface area (Å²) in [5.41, 5.74) is 1.12. The third-order valence-electron chi connectivity index (χ3n) is 6.38. The Morgan fingerprint density at radius 3 is 2.30 bits per heavy atom. The summed E-state index contributed by atoms with van der Waals surface area (Å²) in [5.74, 6) is 1.13. The maximum atomic E-state index is 12.5. The zero-order valence-corrected chi connectivity index (χ0v) is 13.3. The predicted molar refractivity (Wildman–Crippen MR) is 82.3 cm³/mol. The Hall–Kier alpha value is -1.91. The molecule has 4 aliphatic rings. The van der Waals surface area contributed by atoms with E-state index in [4.69, 9.17) is 9.94 Å². The molecule has 23 heavy (non-hydrogen) atoms. The Kier molecular flexibility index (Phi) is 3.06. The van der Waals surface area contributed by atoms with Crippen LogP contribution in [0.5, 0.6) is 0 Å². The highest BCUT2D eigenvalue weighted by Gasteiger charge is 2.61. The molecule has 0 saturated heterocycles. The maximum absolute atomic E-state index is 12.5. The molecule has 1 N–H and O–H groups in total. The third kappa shape index (κ3) is 2.09. The lowest BCUT2D eigenvalue weighted by Gasteiger charge is -2.61. The Labute approximate surface area is 135 Å². The molecule has 4 aliphatic carbocycles. The minimum Gasteiger partial charge on any atom is -0.469 e. The van der Waals surface area contributed by atoms with Crippen LogP contribution < -0.4 is 0 Å². The van der Waals surface area contributed by atoms with E-state index in [1.807, 2.05) is 12.1 Å². The van der Waals surface area contributed by atoms with Gasteiger partial charge in [-0.3, -0.25) is 4.79 Å². The molecule has 0 amide bonds. The summed E-state index contributed by atoms with van der Waals surface area (Å²) < 4.78 is 5.15. The quantitative estimate of drug-likeness (QED) is 0.684. The van der Waals surface area contributed by atoms with Crippen LogP contribution in [0.2, 0.25) is 0 Å². The normalized spacial score (nSPS) is 37.6.